The summed E-state index contributed by atoms with van der Waals surface area (Å²) in [5.41, 5.74) is 5.79. The first-order valence-corrected chi connectivity index (χ1v) is 10.3. The van der Waals surface area contributed by atoms with Crippen molar-refractivity contribution in [3.63, 3.8) is 0 Å². The molecule has 12 nitrogen and oxygen atoms in total. The molecule has 0 aliphatic rings. The highest BCUT2D eigenvalue weighted by Gasteiger charge is 2.28. The predicted molar refractivity (Wildman–Crippen MR) is 114 cm³/mol. The van der Waals surface area contributed by atoms with Gasteiger partial charge in [-0.25, -0.2) is 9.48 Å². The first-order chi connectivity index (χ1) is 15.3. The SMILES string of the molecule is CC(C)(N)C(=O)N[C@H](COCc1ccccc1)c1nnnn1CCOC(=O)NCCCO. The first-order valence-electron chi connectivity index (χ1n) is 10.3. The van der Waals surface area contributed by atoms with Crippen LogP contribution in [0.1, 0.15) is 37.7 Å². The van der Waals surface area contributed by atoms with Gasteiger partial charge in [-0.3, -0.25) is 4.79 Å². The highest BCUT2D eigenvalue weighted by Crippen LogP contribution is 2.13. The summed E-state index contributed by atoms with van der Waals surface area (Å²) in [6.07, 6.45) is -0.164. The van der Waals surface area contributed by atoms with E-state index in [1.807, 2.05) is 30.3 Å². The number of nitrogens with one attached hydrogen (secondary N) is 2. The summed E-state index contributed by atoms with van der Waals surface area (Å²) in [5, 5.41) is 25.7. The quantitative estimate of drug-likeness (QED) is 0.305. The zero-order valence-electron chi connectivity index (χ0n) is 18.4. The Labute approximate surface area is 186 Å². The third-order valence-corrected chi connectivity index (χ3v) is 4.30. The maximum atomic E-state index is 12.5. The van der Waals surface area contributed by atoms with Crippen LogP contribution < -0.4 is 16.4 Å². The third-order valence-electron chi connectivity index (χ3n) is 4.30. The van der Waals surface area contributed by atoms with Crippen molar-refractivity contribution in [2.24, 2.45) is 5.73 Å². The average molecular weight is 450 g/mol. The van der Waals surface area contributed by atoms with Gasteiger partial charge >= 0.3 is 6.09 Å². The number of tetrazole rings is 1. The van der Waals surface area contributed by atoms with Crippen LogP contribution in [-0.4, -0.2) is 69.2 Å². The van der Waals surface area contributed by atoms with Crippen molar-refractivity contribution < 1.29 is 24.2 Å². The Morgan fingerprint density at radius 3 is 2.72 bits per heavy atom. The van der Waals surface area contributed by atoms with Crippen LogP contribution in [-0.2, 0) is 27.4 Å². The summed E-state index contributed by atoms with van der Waals surface area (Å²) in [7, 11) is 0. The molecule has 0 aliphatic carbocycles. The molecule has 1 heterocycles. The van der Waals surface area contributed by atoms with Gasteiger partial charge in [0.25, 0.3) is 0 Å². The van der Waals surface area contributed by atoms with Crippen LogP contribution in [0.2, 0.25) is 0 Å². The zero-order valence-corrected chi connectivity index (χ0v) is 18.4. The Balaban J connectivity index is 1.99. The molecule has 0 spiro atoms. The highest BCUT2D eigenvalue weighted by atomic mass is 16.5. The summed E-state index contributed by atoms with van der Waals surface area (Å²) in [6.45, 7) is 4.12. The van der Waals surface area contributed by atoms with E-state index in [0.29, 0.717) is 25.4 Å². The number of aliphatic hydroxyl groups is 1. The molecular formula is C20H31N7O5. The van der Waals surface area contributed by atoms with Crippen LogP contribution in [0.25, 0.3) is 0 Å². The number of carbonyl (C=O) groups is 2. The van der Waals surface area contributed by atoms with E-state index in [-0.39, 0.29) is 32.3 Å². The molecule has 176 valence electrons. The minimum absolute atomic E-state index is 0.0108. The molecular weight excluding hydrogens is 418 g/mol. The van der Waals surface area contributed by atoms with Gasteiger partial charge in [0.2, 0.25) is 5.91 Å². The van der Waals surface area contributed by atoms with E-state index in [1.165, 1.54) is 4.68 Å². The Kier molecular flexibility index (Phi) is 9.98. The fourth-order valence-electron chi connectivity index (χ4n) is 2.56. The fraction of sp³-hybridized carbons (Fsp3) is 0.550. The number of rotatable bonds is 13. The average Bonchev–Trinajstić information content (AvgIpc) is 3.21. The summed E-state index contributed by atoms with van der Waals surface area (Å²) in [4.78, 5) is 24.1. The maximum Gasteiger partial charge on any atom is 0.407 e. The van der Waals surface area contributed by atoms with Crippen LogP contribution in [0.15, 0.2) is 30.3 Å². The second-order valence-electron chi connectivity index (χ2n) is 7.65. The molecule has 1 aromatic heterocycles. The van der Waals surface area contributed by atoms with Gasteiger partial charge in [-0.05, 0) is 36.3 Å². The van der Waals surface area contributed by atoms with E-state index in [4.69, 9.17) is 20.3 Å². The van der Waals surface area contributed by atoms with Crippen molar-refractivity contribution in [3.05, 3.63) is 41.7 Å². The van der Waals surface area contributed by atoms with E-state index in [0.717, 1.165) is 5.56 Å². The molecule has 1 aromatic carbocycles. The third kappa shape index (κ3) is 8.57. The smallest absolute Gasteiger partial charge is 0.407 e. The molecule has 0 saturated heterocycles. The number of aromatic nitrogens is 4. The van der Waals surface area contributed by atoms with Crippen molar-refractivity contribution in [2.45, 2.75) is 45.0 Å². The molecule has 1 atom stereocenters. The van der Waals surface area contributed by atoms with E-state index in [9.17, 15) is 9.59 Å². The number of amides is 2. The van der Waals surface area contributed by atoms with Gasteiger partial charge in [-0.1, -0.05) is 30.3 Å². The molecule has 0 unspecified atom stereocenters. The van der Waals surface area contributed by atoms with Gasteiger partial charge in [-0.2, -0.15) is 0 Å². The van der Waals surface area contributed by atoms with Crippen LogP contribution in [0, 0.1) is 0 Å². The van der Waals surface area contributed by atoms with E-state index < -0.39 is 17.7 Å². The van der Waals surface area contributed by atoms with E-state index in [1.54, 1.807) is 13.8 Å². The number of hydrogen-bond donors (Lipinski definition) is 4. The highest BCUT2D eigenvalue weighted by molar-refractivity contribution is 5.85. The number of benzene rings is 1. The Bertz CT molecular complexity index is 838. The summed E-state index contributed by atoms with van der Waals surface area (Å²) in [6, 6.07) is 8.94. The fourth-order valence-corrected chi connectivity index (χ4v) is 2.56. The Morgan fingerprint density at radius 1 is 1.28 bits per heavy atom. The molecule has 5 N–H and O–H groups in total. The number of nitrogens with two attached hydrogens (primary N) is 1. The van der Waals surface area contributed by atoms with Gasteiger partial charge in [0, 0.05) is 13.2 Å². The molecule has 0 bridgehead atoms. The molecule has 12 heteroatoms. The summed E-state index contributed by atoms with van der Waals surface area (Å²) < 4.78 is 12.3. The number of hydrogen-bond acceptors (Lipinski definition) is 9. The van der Waals surface area contributed by atoms with Crippen LogP contribution in [0.5, 0.6) is 0 Å². The minimum Gasteiger partial charge on any atom is -0.448 e. The van der Waals surface area contributed by atoms with Crippen LogP contribution >= 0.6 is 0 Å². The molecule has 2 aromatic rings. The summed E-state index contributed by atoms with van der Waals surface area (Å²) in [5.74, 6) is -0.0418. The lowest BCUT2D eigenvalue weighted by molar-refractivity contribution is -0.126. The van der Waals surface area contributed by atoms with Crippen molar-refractivity contribution in [1.29, 1.82) is 0 Å². The number of nitrogens with zero attached hydrogens (tertiary/aromatic N) is 4. The predicted octanol–water partition coefficient (Wildman–Crippen LogP) is -0.107. The molecule has 2 rings (SSSR count). The zero-order chi connectivity index (χ0) is 23.4. The normalized spacial score (nSPS) is 12.2. The number of ether oxygens (including phenoxy) is 2. The second kappa shape index (κ2) is 12.7. The monoisotopic (exact) mass is 449 g/mol. The van der Waals surface area contributed by atoms with Crippen LogP contribution in [0.4, 0.5) is 4.79 Å². The van der Waals surface area contributed by atoms with Crippen molar-refractivity contribution in [2.75, 3.05) is 26.4 Å². The maximum absolute atomic E-state index is 12.5. The van der Waals surface area contributed by atoms with Crippen LogP contribution in [0.3, 0.4) is 0 Å². The lowest BCUT2D eigenvalue weighted by atomic mass is 10.1. The lowest BCUT2D eigenvalue weighted by Crippen LogP contribution is -2.51. The van der Waals surface area contributed by atoms with Gasteiger partial charge in [0.05, 0.1) is 25.3 Å². The van der Waals surface area contributed by atoms with Crippen molar-refractivity contribution in [3.8, 4) is 0 Å². The van der Waals surface area contributed by atoms with Gasteiger partial charge in [0.15, 0.2) is 5.82 Å². The molecule has 0 radical (unpaired) electrons. The second-order valence-corrected chi connectivity index (χ2v) is 7.65. The van der Waals surface area contributed by atoms with Crippen molar-refractivity contribution >= 4 is 12.0 Å². The molecule has 32 heavy (non-hydrogen) atoms. The molecule has 0 saturated carbocycles. The Morgan fingerprint density at radius 2 is 2.03 bits per heavy atom. The standard InChI is InChI=1S/C20H31N7O5/c1-20(2,21)18(29)23-16(14-31-13-15-7-4-3-5-8-15)17-24-25-26-27(17)10-12-32-19(30)22-9-6-11-28/h3-5,7-8,16,28H,6,9-14,21H2,1-2H3,(H,22,30)(H,23,29)/t16-/m1/s1. The first kappa shape index (κ1) is 25.2. The lowest BCUT2D eigenvalue weighted by Gasteiger charge is -2.23. The topological polar surface area (TPSA) is 167 Å². The largest absolute Gasteiger partial charge is 0.448 e. The summed E-state index contributed by atoms with van der Waals surface area (Å²) >= 11 is 0. The molecule has 0 fully saturated rings. The molecule has 2 amide bonds. The van der Waals surface area contributed by atoms with Gasteiger partial charge in [-0.15, -0.1) is 5.10 Å². The minimum atomic E-state index is -1.11. The van der Waals surface area contributed by atoms with Crippen molar-refractivity contribution in [1.82, 2.24) is 30.8 Å². The number of alkyl carbamates (subject to hydrolysis) is 1. The van der Waals surface area contributed by atoms with Gasteiger partial charge in [0.1, 0.15) is 12.6 Å². The van der Waals surface area contributed by atoms with E-state index >= 15 is 0 Å². The van der Waals surface area contributed by atoms with Gasteiger partial charge < -0.3 is 30.9 Å². The Hall–Kier alpha value is -3.09. The number of carbonyl (C=O) groups excluding carboxylic acids is 2. The number of aliphatic hydroxyl groups excluding tert-OH is 1. The molecule has 0 aliphatic heterocycles. The van der Waals surface area contributed by atoms with E-state index in [2.05, 4.69) is 26.2 Å².